The molecule has 3 aromatic rings. The summed E-state index contributed by atoms with van der Waals surface area (Å²) in [7, 11) is 0. The predicted octanol–water partition coefficient (Wildman–Crippen LogP) is 3.66. The van der Waals surface area contributed by atoms with Crippen LogP contribution in [0.5, 0.6) is 5.75 Å². The zero-order chi connectivity index (χ0) is 19.8. The van der Waals surface area contributed by atoms with Gasteiger partial charge < -0.3 is 15.4 Å². The number of para-hydroxylation sites is 2. The maximum absolute atomic E-state index is 12.6. The van der Waals surface area contributed by atoms with Crippen molar-refractivity contribution in [2.75, 3.05) is 11.9 Å². The molecule has 0 saturated carbocycles. The van der Waals surface area contributed by atoms with Gasteiger partial charge in [0, 0.05) is 17.3 Å². The SMILES string of the molecule is CCOc1ccccc1NC(=O)c1cccc(C(=O)NCc2ccccn2)c1. The zero-order valence-electron chi connectivity index (χ0n) is 15.5. The maximum atomic E-state index is 12.6. The van der Waals surface area contributed by atoms with Crippen LogP contribution in [0.4, 0.5) is 5.69 Å². The van der Waals surface area contributed by atoms with E-state index in [-0.39, 0.29) is 11.8 Å². The Kier molecular flexibility index (Phi) is 6.36. The number of anilines is 1. The Labute approximate surface area is 163 Å². The summed E-state index contributed by atoms with van der Waals surface area (Å²) >= 11 is 0. The van der Waals surface area contributed by atoms with Crippen LogP contribution in [-0.4, -0.2) is 23.4 Å². The van der Waals surface area contributed by atoms with Gasteiger partial charge in [-0.3, -0.25) is 14.6 Å². The Morgan fingerprint density at radius 2 is 1.68 bits per heavy atom. The summed E-state index contributed by atoms with van der Waals surface area (Å²) in [6, 6.07) is 19.3. The van der Waals surface area contributed by atoms with Gasteiger partial charge in [0.05, 0.1) is 24.5 Å². The van der Waals surface area contributed by atoms with Crippen LogP contribution in [0.1, 0.15) is 33.3 Å². The molecule has 3 rings (SSSR count). The van der Waals surface area contributed by atoms with Gasteiger partial charge in [0.2, 0.25) is 0 Å². The number of pyridine rings is 1. The fraction of sp³-hybridized carbons (Fsp3) is 0.136. The number of nitrogens with one attached hydrogen (secondary N) is 2. The highest BCUT2D eigenvalue weighted by molar-refractivity contribution is 6.06. The standard InChI is InChI=1S/C22H21N3O3/c1-2-28-20-12-4-3-11-19(20)25-22(27)17-9-7-8-16(14-17)21(26)24-15-18-10-5-6-13-23-18/h3-14H,2,15H2,1H3,(H,24,26)(H,25,27). The highest BCUT2D eigenvalue weighted by atomic mass is 16.5. The number of carbonyl (C=O) groups excluding carboxylic acids is 2. The molecule has 0 unspecified atom stereocenters. The van der Waals surface area contributed by atoms with E-state index in [1.54, 1.807) is 42.6 Å². The van der Waals surface area contributed by atoms with E-state index in [4.69, 9.17) is 4.74 Å². The molecule has 6 heteroatoms. The van der Waals surface area contributed by atoms with Gasteiger partial charge in [0.15, 0.2) is 0 Å². The number of hydrogen-bond acceptors (Lipinski definition) is 4. The summed E-state index contributed by atoms with van der Waals surface area (Å²) in [5, 5.41) is 5.63. The first-order valence-electron chi connectivity index (χ1n) is 8.98. The van der Waals surface area contributed by atoms with Crippen molar-refractivity contribution in [1.82, 2.24) is 10.3 Å². The molecule has 0 atom stereocenters. The second-order valence-corrected chi connectivity index (χ2v) is 5.97. The molecule has 0 spiro atoms. The van der Waals surface area contributed by atoms with Crippen LogP contribution >= 0.6 is 0 Å². The van der Waals surface area contributed by atoms with Crippen molar-refractivity contribution in [3.63, 3.8) is 0 Å². The smallest absolute Gasteiger partial charge is 0.255 e. The molecule has 0 bridgehead atoms. The molecule has 2 amide bonds. The lowest BCUT2D eigenvalue weighted by molar-refractivity contribution is 0.0950. The number of rotatable bonds is 7. The number of carbonyl (C=O) groups is 2. The summed E-state index contributed by atoms with van der Waals surface area (Å²) in [5.41, 5.74) is 2.13. The summed E-state index contributed by atoms with van der Waals surface area (Å²) in [6.07, 6.45) is 1.67. The largest absolute Gasteiger partial charge is 0.492 e. The molecular formula is C22H21N3O3. The first-order chi connectivity index (χ1) is 13.7. The van der Waals surface area contributed by atoms with E-state index in [1.807, 2.05) is 37.3 Å². The number of nitrogens with zero attached hydrogens (tertiary/aromatic N) is 1. The molecule has 6 nitrogen and oxygen atoms in total. The molecule has 28 heavy (non-hydrogen) atoms. The third kappa shape index (κ3) is 4.94. The van der Waals surface area contributed by atoms with E-state index >= 15 is 0 Å². The highest BCUT2D eigenvalue weighted by Crippen LogP contribution is 2.24. The normalized spacial score (nSPS) is 10.2. The molecule has 2 N–H and O–H groups in total. The molecular weight excluding hydrogens is 354 g/mol. The van der Waals surface area contributed by atoms with Gasteiger partial charge in [-0.15, -0.1) is 0 Å². The lowest BCUT2D eigenvalue weighted by Gasteiger charge is -2.12. The number of benzene rings is 2. The summed E-state index contributed by atoms with van der Waals surface area (Å²) in [6.45, 7) is 2.70. The number of amides is 2. The molecule has 1 aromatic heterocycles. The van der Waals surface area contributed by atoms with Gasteiger partial charge in [-0.05, 0) is 49.4 Å². The van der Waals surface area contributed by atoms with Crippen LogP contribution in [0.3, 0.4) is 0 Å². The average molecular weight is 375 g/mol. The van der Waals surface area contributed by atoms with Crippen LogP contribution in [0.2, 0.25) is 0 Å². The minimum absolute atomic E-state index is 0.269. The van der Waals surface area contributed by atoms with Gasteiger partial charge in [-0.25, -0.2) is 0 Å². The third-order valence-electron chi connectivity index (χ3n) is 3.98. The predicted molar refractivity (Wildman–Crippen MR) is 107 cm³/mol. The molecule has 1 heterocycles. The van der Waals surface area contributed by atoms with Crippen molar-refractivity contribution in [1.29, 1.82) is 0 Å². The van der Waals surface area contributed by atoms with Crippen molar-refractivity contribution in [3.05, 3.63) is 89.7 Å². The van der Waals surface area contributed by atoms with Gasteiger partial charge >= 0.3 is 0 Å². The van der Waals surface area contributed by atoms with Crippen molar-refractivity contribution >= 4 is 17.5 Å². The Bertz CT molecular complexity index is 958. The monoisotopic (exact) mass is 375 g/mol. The van der Waals surface area contributed by atoms with E-state index < -0.39 is 0 Å². The van der Waals surface area contributed by atoms with Crippen molar-refractivity contribution in [2.45, 2.75) is 13.5 Å². The summed E-state index contributed by atoms with van der Waals surface area (Å²) in [5.74, 6) is 0.0177. The van der Waals surface area contributed by atoms with E-state index in [0.29, 0.717) is 35.7 Å². The van der Waals surface area contributed by atoms with Crippen LogP contribution in [-0.2, 0) is 6.54 Å². The maximum Gasteiger partial charge on any atom is 0.255 e. The van der Waals surface area contributed by atoms with Gasteiger partial charge in [-0.1, -0.05) is 24.3 Å². The number of ether oxygens (including phenoxy) is 1. The lowest BCUT2D eigenvalue weighted by Crippen LogP contribution is -2.23. The topological polar surface area (TPSA) is 80.3 Å². The fourth-order valence-electron chi connectivity index (χ4n) is 2.62. The van der Waals surface area contributed by atoms with Crippen LogP contribution in [0.25, 0.3) is 0 Å². The van der Waals surface area contributed by atoms with E-state index in [2.05, 4.69) is 15.6 Å². The third-order valence-corrected chi connectivity index (χ3v) is 3.98. The van der Waals surface area contributed by atoms with Crippen LogP contribution in [0, 0.1) is 0 Å². The molecule has 0 aliphatic heterocycles. The Morgan fingerprint density at radius 3 is 2.43 bits per heavy atom. The van der Waals surface area contributed by atoms with E-state index in [9.17, 15) is 9.59 Å². The van der Waals surface area contributed by atoms with Gasteiger partial charge in [-0.2, -0.15) is 0 Å². The molecule has 0 radical (unpaired) electrons. The van der Waals surface area contributed by atoms with Crippen molar-refractivity contribution in [3.8, 4) is 5.75 Å². The first kappa shape index (κ1) is 19.1. The van der Waals surface area contributed by atoms with Gasteiger partial charge in [0.1, 0.15) is 5.75 Å². The minimum atomic E-state index is -0.313. The molecule has 142 valence electrons. The number of aromatic nitrogens is 1. The van der Waals surface area contributed by atoms with E-state index in [0.717, 1.165) is 5.69 Å². The van der Waals surface area contributed by atoms with Crippen molar-refractivity contribution in [2.24, 2.45) is 0 Å². The first-order valence-corrected chi connectivity index (χ1v) is 8.98. The molecule has 0 saturated heterocycles. The summed E-state index contributed by atoms with van der Waals surface area (Å²) in [4.78, 5) is 29.2. The van der Waals surface area contributed by atoms with Gasteiger partial charge in [0.25, 0.3) is 11.8 Å². The molecule has 0 fully saturated rings. The second kappa shape index (κ2) is 9.32. The Morgan fingerprint density at radius 1 is 0.929 bits per heavy atom. The Hall–Kier alpha value is -3.67. The van der Waals surface area contributed by atoms with Crippen LogP contribution < -0.4 is 15.4 Å². The highest BCUT2D eigenvalue weighted by Gasteiger charge is 2.12. The van der Waals surface area contributed by atoms with Crippen molar-refractivity contribution < 1.29 is 14.3 Å². The Balaban J connectivity index is 1.68. The molecule has 0 aliphatic rings. The average Bonchev–Trinajstić information content (AvgIpc) is 2.74. The molecule has 0 aliphatic carbocycles. The lowest BCUT2D eigenvalue weighted by atomic mass is 10.1. The van der Waals surface area contributed by atoms with E-state index in [1.165, 1.54) is 0 Å². The second-order valence-electron chi connectivity index (χ2n) is 5.97. The number of hydrogen-bond donors (Lipinski definition) is 2. The summed E-state index contributed by atoms with van der Waals surface area (Å²) < 4.78 is 5.52. The molecule has 2 aromatic carbocycles. The quantitative estimate of drug-likeness (QED) is 0.660. The minimum Gasteiger partial charge on any atom is -0.492 e. The van der Waals surface area contributed by atoms with Crippen LogP contribution in [0.15, 0.2) is 72.9 Å². The fourth-order valence-corrected chi connectivity index (χ4v) is 2.62. The zero-order valence-corrected chi connectivity index (χ0v) is 15.5.